The van der Waals surface area contributed by atoms with Crippen molar-refractivity contribution in [1.82, 2.24) is 4.72 Å². The summed E-state index contributed by atoms with van der Waals surface area (Å²) in [5, 5.41) is 2.28. The fourth-order valence-corrected chi connectivity index (χ4v) is 3.43. The Labute approximate surface area is 150 Å². The number of halogens is 2. The third-order valence-electron chi connectivity index (χ3n) is 3.23. The number of carbonyl (C=O) groups excluding carboxylic acids is 1. The molecule has 0 aliphatic carbocycles. The zero-order valence-electron chi connectivity index (χ0n) is 13.5. The Kier molecular flexibility index (Phi) is 5.99. The first-order chi connectivity index (χ1) is 11.7. The SMILES string of the molecule is COc1ccc(C)cc1S(=O)(=O)NCC(=O)Nc1ccc(F)c(Cl)c1. The lowest BCUT2D eigenvalue weighted by molar-refractivity contribution is -0.115. The minimum absolute atomic E-state index is 0.0624. The zero-order valence-corrected chi connectivity index (χ0v) is 15.0. The summed E-state index contributed by atoms with van der Waals surface area (Å²) in [5.74, 6) is -1.08. The molecular formula is C16H16ClFN2O4S. The van der Waals surface area contributed by atoms with Gasteiger partial charge in [-0.1, -0.05) is 17.7 Å². The van der Waals surface area contributed by atoms with Gasteiger partial charge < -0.3 is 10.1 Å². The largest absolute Gasteiger partial charge is 0.495 e. The van der Waals surface area contributed by atoms with Crippen LogP contribution in [0.1, 0.15) is 5.56 Å². The summed E-state index contributed by atoms with van der Waals surface area (Å²) in [6.45, 7) is 1.23. The van der Waals surface area contributed by atoms with Gasteiger partial charge in [0.1, 0.15) is 16.5 Å². The van der Waals surface area contributed by atoms with Gasteiger partial charge in [0.15, 0.2) is 0 Å². The van der Waals surface area contributed by atoms with Gasteiger partial charge in [-0.3, -0.25) is 4.79 Å². The van der Waals surface area contributed by atoms with Gasteiger partial charge in [-0.2, -0.15) is 0 Å². The summed E-state index contributed by atoms with van der Waals surface area (Å²) >= 11 is 5.62. The molecule has 0 spiro atoms. The standard InChI is InChI=1S/C16H16ClFN2O4S/c1-10-3-6-14(24-2)15(7-10)25(22,23)19-9-16(21)20-11-4-5-13(18)12(17)8-11/h3-8,19H,9H2,1-2H3,(H,20,21). The minimum atomic E-state index is -3.95. The average Bonchev–Trinajstić information content (AvgIpc) is 2.56. The van der Waals surface area contributed by atoms with Crippen LogP contribution < -0.4 is 14.8 Å². The van der Waals surface area contributed by atoms with Gasteiger partial charge in [0, 0.05) is 5.69 Å². The molecule has 0 aliphatic heterocycles. The number of benzene rings is 2. The quantitative estimate of drug-likeness (QED) is 0.799. The second-order valence-electron chi connectivity index (χ2n) is 5.16. The van der Waals surface area contributed by atoms with Gasteiger partial charge in [-0.15, -0.1) is 0 Å². The number of sulfonamides is 1. The number of methoxy groups -OCH3 is 1. The van der Waals surface area contributed by atoms with Crippen LogP contribution in [0.15, 0.2) is 41.3 Å². The molecule has 134 valence electrons. The topological polar surface area (TPSA) is 84.5 Å². The van der Waals surface area contributed by atoms with Crippen LogP contribution in [-0.2, 0) is 14.8 Å². The van der Waals surface area contributed by atoms with E-state index in [-0.39, 0.29) is 21.4 Å². The third-order valence-corrected chi connectivity index (χ3v) is 4.95. The maximum absolute atomic E-state index is 13.1. The Bertz CT molecular complexity index is 903. The molecule has 0 atom stereocenters. The maximum atomic E-state index is 13.1. The van der Waals surface area contributed by atoms with E-state index >= 15 is 0 Å². The Morgan fingerprint density at radius 3 is 2.60 bits per heavy atom. The first-order valence-electron chi connectivity index (χ1n) is 7.12. The van der Waals surface area contributed by atoms with Crippen molar-refractivity contribution in [2.75, 3.05) is 19.0 Å². The number of rotatable bonds is 6. The molecule has 25 heavy (non-hydrogen) atoms. The lowest BCUT2D eigenvalue weighted by atomic mass is 10.2. The first-order valence-corrected chi connectivity index (χ1v) is 8.98. The van der Waals surface area contributed by atoms with E-state index in [1.807, 2.05) is 0 Å². The number of amides is 1. The summed E-state index contributed by atoms with van der Waals surface area (Å²) in [7, 11) is -2.59. The van der Waals surface area contributed by atoms with Crippen LogP contribution in [0.5, 0.6) is 5.75 Å². The highest BCUT2D eigenvalue weighted by molar-refractivity contribution is 7.89. The second kappa shape index (κ2) is 7.81. The van der Waals surface area contributed by atoms with Crippen molar-refractivity contribution in [1.29, 1.82) is 0 Å². The van der Waals surface area contributed by atoms with Crippen LogP contribution >= 0.6 is 11.6 Å². The Morgan fingerprint density at radius 1 is 1.24 bits per heavy atom. The molecule has 0 radical (unpaired) electrons. The number of anilines is 1. The highest BCUT2D eigenvalue weighted by atomic mass is 35.5. The minimum Gasteiger partial charge on any atom is -0.495 e. The van der Waals surface area contributed by atoms with Crippen molar-refractivity contribution in [3.63, 3.8) is 0 Å². The van der Waals surface area contributed by atoms with Gasteiger partial charge in [0.05, 0.1) is 18.7 Å². The summed E-state index contributed by atoms with van der Waals surface area (Å²) in [6.07, 6.45) is 0. The molecule has 0 fully saturated rings. The summed E-state index contributed by atoms with van der Waals surface area (Å²) in [4.78, 5) is 11.8. The van der Waals surface area contributed by atoms with Crippen LogP contribution in [0, 0.1) is 12.7 Å². The van der Waals surface area contributed by atoms with E-state index in [9.17, 15) is 17.6 Å². The van der Waals surface area contributed by atoms with Gasteiger partial charge >= 0.3 is 0 Å². The van der Waals surface area contributed by atoms with Gasteiger partial charge in [0.2, 0.25) is 15.9 Å². The lowest BCUT2D eigenvalue weighted by Crippen LogP contribution is -2.33. The fraction of sp³-hybridized carbons (Fsp3) is 0.188. The molecule has 0 aliphatic rings. The number of aryl methyl sites for hydroxylation is 1. The number of nitrogens with one attached hydrogen (secondary N) is 2. The highest BCUT2D eigenvalue weighted by Gasteiger charge is 2.20. The molecule has 0 unspecified atom stereocenters. The Balaban J connectivity index is 2.07. The summed E-state index contributed by atoms with van der Waals surface area (Å²) in [6, 6.07) is 8.33. The molecule has 0 saturated carbocycles. The van der Waals surface area contributed by atoms with Gasteiger partial charge in [0.25, 0.3) is 0 Å². The number of hydrogen-bond acceptors (Lipinski definition) is 4. The molecular weight excluding hydrogens is 371 g/mol. The van der Waals surface area contributed by atoms with Crippen molar-refractivity contribution in [3.8, 4) is 5.75 Å². The van der Waals surface area contributed by atoms with Crippen molar-refractivity contribution in [3.05, 3.63) is 52.8 Å². The van der Waals surface area contributed by atoms with Crippen molar-refractivity contribution >= 4 is 33.2 Å². The first kappa shape index (κ1) is 19.2. The van der Waals surface area contributed by atoms with Crippen LogP contribution in [0.2, 0.25) is 5.02 Å². The van der Waals surface area contributed by atoms with Crippen LogP contribution in [0.4, 0.5) is 10.1 Å². The Hall–Kier alpha value is -2.16. The van der Waals surface area contributed by atoms with E-state index < -0.39 is 28.3 Å². The molecule has 2 N–H and O–H groups in total. The van der Waals surface area contributed by atoms with E-state index in [1.165, 1.54) is 31.4 Å². The van der Waals surface area contributed by atoms with Crippen molar-refractivity contribution in [2.45, 2.75) is 11.8 Å². The predicted molar refractivity (Wildman–Crippen MR) is 93.0 cm³/mol. The van der Waals surface area contributed by atoms with E-state index in [0.717, 1.165) is 11.6 Å². The molecule has 9 heteroatoms. The van der Waals surface area contributed by atoms with E-state index in [0.29, 0.717) is 0 Å². The average molecular weight is 387 g/mol. The van der Waals surface area contributed by atoms with E-state index in [4.69, 9.17) is 16.3 Å². The maximum Gasteiger partial charge on any atom is 0.244 e. The van der Waals surface area contributed by atoms with Crippen molar-refractivity contribution < 1.29 is 22.3 Å². The molecule has 2 aromatic rings. The smallest absolute Gasteiger partial charge is 0.244 e. The van der Waals surface area contributed by atoms with Crippen LogP contribution in [-0.4, -0.2) is 28.0 Å². The molecule has 1 amide bonds. The summed E-state index contributed by atoms with van der Waals surface area (Å²) in [5.41, 5.74) is 0.982. The molecule has 0 bridgehead atoms. The monoisotopic (exact) mass is 386 g/mol. The molecule has 6 nitrogen and oxygen atoms in total. The predicted octanol–water partition coefficient (Wildman–Crippen LogP) is 2.71. The fourth-order valence-electron chi connectivity index (χ4n) is 2.01. The van der Waals surface area contributed by atoms with Gasteiger partial charge in [-0.05, 0) is 42.8 Å². The van der Waals surface area contributed by atoms with Gasteiger partial charge in [-0.25, -0.2) is 17.5 Å². The molecule has 0 aromatic heterocycles. The highest BCUT2D eigenvalue weighted by Crippen LogP contribution is 2.24. The Morgan fingerprint density at radius 2 is 1.96 bits per heavy atom. The van der Waals surface area contributed by atoms with E-state index in [2.05, 4.69) is 10.0 Å². The van der Waals surface area contributed by atoms with E-state index in [1.54, 1.807) is 13.0 Å². The third kappa shape index (κ3) is 4.91. The van der Waals surface area contributed by atoms with Crippen LogP contribution in [0.25, 0.3) is 0 Å². The molecule has 2 aromatic carbocycles. The second-order valence-corrected chi connectivity index (χ2v) is 7.30. The normalized spacial score (nSPS) is 11.2. The molecule has 0 heterocycles. The number of ether oxygens (including phenoxy) is 1. The number of carbonyl (C=O) groups is 1. The number of hydrogen-bond donors (Lipinski definition) is 2. The van der Waals surface area contributed by atoms with Crippen LogP contribution in [0.3, 0.4) is 0 Å². The van der Waals surface area contributed by atoms with Crippen molar-refractivity contribution in [2.24, 2.45) is 0 Å². The zero-order chi connectivity index (χ0) is 18.6. The lowest BCUT2D eigenvalue weighted by Gasteiger charge is -2.12. The summed E-state index contributed by atoms with van der Waals surface area (Å²) < 4.78 is 45.1. The molecule has 2 rings (SSSR count). The molecule has 0 saturated heterocycles.